The van der Waals surface area contributed by atoms with Crippen LogP contribution >= 0.6 is 0 Å². The van der Waals surface area contributed by atoms with Crippen molar-refractivity contribution in [2.45, 2.75) is 47.5 Å². The molecule has 0 saturated carbocycles. The highest BCUT2D eigenvalue weighted by Crippen LogP contribution is 2.25. The van der Waals surface area contributed by atoms with E-state index in [0.29, 0.717) is 11.7 Å². The van der Waals surface area contributed by atoms with Gasteiger partial charge in [0, 0.05) is 11.3 Å². The normalized spacial score (nSPS) is 12.4. The van der Waals surface area contributed by atoms with E-state index >= 15 is 0 Å². The number of nitrogens with zero attached hydrogens (tertiary/aromatic N) is 1. The first-order chi connectivity index (χ1) is 6.79. The van der Waals surface area contributed by atoms with Crippen molar-refractivity contribution < 1.29 is 0 Å². The first-order valence-electron chi connectivity index (χ1n) is 5.61. The average Bonchev–Trinajstić information content (AvgIpc) is 2.32. The van der Waals surface area contributed by atoms with Crippen molar-refractivity contribution in [2.75, 3.05) is 5.73 Å². The van der Waals surface area contributed by atoms with Gasteiger partial charge in [0.2, 0.25) is 0 Å². The molecule has 0 atom stereocenters. The summed E-state index contributed by atoms with van der Waals surface area (Å²) in [5, 5.41) is 7.17. The fourth-order valence-corrected chi connectivity index (χ4v) is 1.73. The summed E-state index contributed by atoms with van der Waals surface area (Å²) in [6, 6.07) is 0. The van der Waals surface area contributed by atoms with Crippen molar-refractivity contribution in [1.82, 2.24) is 10.2 Å². The summed E-state index contributed by atoms with van der Waals surface area (Å²) in [6.07, 6.45) is 2.01. The number of anilines is 1. The summed E-state index contributed by atoms with van der Waals surface area (Å²) in [5.74, 6) is 1.28. The highest BCUT2D eigenvalue weighted by Gasteiger charge is 2.18. The van der Waals surface area contributed by atoms with Crippen LogP contribution in [0.1, 0.15) is 45.9 Å². The second-order valence-electron chi connectivity index (χ2n) is 5.90. The minimum absolute atomic E-state index is 0.269. The number of nitrogen functional groups attached to an aromatic ring is 1. The van der Waals surface area contributed by atoms with Gasteiger partial charge in [-0.2, -0.15) is 5.10 Å². The Morgan fingerprint density at radius 3 is 2.40 bits per heavy atom. The molecule has 0 fully saturated rings. The Balaban J connectivity index is 2.88. The van der Waals surface area contributed by atoms with Crippen molar-refractivity contribution in [3.05, 3.63) is 11.3 Å². The van der Waals surface area contributed by atoms with Gasteiger partial charge in [-0.3, -0.25) is 5.10 Å². The number of nitrogens with one attached hydrogen (secondary N) is 1. The molecule has 3 heteroatoms. The first-order valence-corrected chi connectivity index (χ1v) is 5.61. The molecule has 1 rings (SSSR count). The maximum Gasteiger partial charge on any atom is 0.148 e. The van der Waals surface area contributed by atoms with Crippen LogP contribution in [-0.2, 0) is 12.8 Å². The molecule has 0 aromatic carbocycles. The van der Waals surface area contributed by atoms with Crippen LogP contribution in [0.2, 0.25) is 0 Å². The molecular formula is C12H23N3. The lowest BCUT2D eigenvalue weighted by Crippen LogP contribution is -2.12. The lowest BCUT2D eigenvalue weighted by molar-refractivity contribution is 0.404. The summed E-state index contributed by atoms with van der Waals surface area (Å²) >= 11 is 0. The molecule has 1 heterocycles. The van der Waals surface area contributed by atoms with Crippen molar-refractivity contribution >= 4 is 5.82 Å². The lowest BCUT2D eigenvalue weighted by atomic mass is 9.88. The summed E-state index contributed by atoms with van der Waals surface area (Å²) in [7, 11) is 0. The molecule has 0 aliphatic rings. The minimum atomic E-state index is 0.269. The molecule has 0 spiro atoms. The van der Waals surface area contributed by atoms with Gasteiger partial charge in [-0.05, 0) is 24.2 Å². The Bertz CT molecular complexity index is 318. The highest BCUT2D eigenvalue weighted by atomic mass is 15.2. The third-order valence-electron chi connectivity index (χ3n) is 2.30. The van der Waals surface area contributed by atoms with Crippen molar-refractivity contribution in [3.63, 3.8) is 0 Å². The smallest absolute Gasteiger partial charge is 0.148 e. The summed E-state index contributed by atoms with van der Waals surface area (Å²) < 4.78 is 0. The fourth-order valence-electron chi connectivity index (χ4n) is 1.73. The van der Waals surface area contributed by atoms with Gasteiger partial charge < -0.3 is 5.73 Å². The van der Waals surface area contributed by atoms with Gasteiger partial charge in [0.05, 0.1) is 0 Å². The van der Waals surface area contributed by atoms with E-state index in [1.54, 1.807) is 0 Å². The van der Waals surface area contributed by atoms with Crippen LogP contribution in [-0.4, -0.2) is 10.2 Å². The molecule has 0 amide bonds. The molecule has 86 valence electrons. The van der Waals surface area contributed by atoms with Gasteiger partial charge in [0.25, 0.3) is 0 Å². The third kappa shape index (κ3) is 3.57. The Labute approximate surface area is 92.5 Å². The molecule has 0 bridgehead atoms. The lowest BCUT2D eigenvalue weighted by Gasteiger charge is -2.18. The maximum absolute atomic E-state index is 5.87. The standard InChI is InChI=1S/C12H23N3/c1-8(2)6-9-10(7-12(3,4)5)14-15-11(9)13/h8H,6-7H2,1-5H3,(H3,13,14,15). The molecule has 0 saturated heterocycles. The zero-order valence-electron chi connectivity index (χ0n) is 10.5. The van der Waals surface area contributed by atoms with Gasteiger partial charge in [0.15, 0.2) is 0 Å². The zero-order valence-corrected chi connectivity index (χ0v) is 10.5. The average molecular weight is 209 g/mol. The molecule has 0 radical (unpaired) electrons. The number of hydrogen-bond acceptors (Lipinski definition) is 2. The predicted octanol–water partition coefficient (Wildman–Crippen LogP) is 2.78. The van der Waals surface area contributed by atoms with E-state index in [2.05, 4.69) is 44.8 Å². The van der Waals surface area contributed by atoms with Gasteiger partial charge >= 0.3 is 0 Å². The van der Waals surface area contributed by atoms with E-state index < -0.39 is 0 Å². The molecular weight excluding hydrogens is 186 g/mol. The predicted molar refractivity (Wildman–Crippen MR) is 64.7 cm³/mol. The Kier molecular flexibility index (Phi) is 3.42. The molecule has 3 N–H and O–H groups in total. The fraction of sp³-hybridized carbons (Fsp3) is 0.750. The molecule has 15 heavy (non-hydrogen) atoms. The van der Waals surface area contributed by atoms with Crippen LogP contribution in [0.5, 0.6) is 0 Å². The van der Waals surface area contributed by atoms with Crippen LogP contribution in [0, 0.1) is 11.3 Å². The number of H-pyrrole nitrogens is 1. The largest absolute Gasteiger partial charge is 0.382 e. The van der Waals surface area contributed by atoms with Gasteiger partial charge in [-0.1, -0.05) is 34.6 Å². The van der Waals surface area contributed by atoms with E-state index in [1.807, 2.05) is 0 Å². The molecule has 1 aromatic heterocycles. The number of rotatable bonds is 3. The van der Waals surface area contributed by atoms with E-state index in [4.69, 9.17) is 5.73 Å². The quantitative estimate of drug-likeness (QED) is 0.804. The van der Waals surface area contributed by atoms with Crippen molar-refractivity contribution in [1.29, 1.82) is 0 Å². The van der Waals surface area contributed by atoms with Crippen LogP contribution < -0.4 is 5.73 Å². The number of aromatic amines is 1. The van der Waals surface area contributed by atoms with Gasteiger partial charge in [-0.25, -0.2) is 0 Å². The van der Waals surface area contributed by atoms with Crippen LogP contribution in [0.3, 0.4) is 0 Å². The van der Waals surface area contributed by atoms with Crippen molar-refractivity contribution in [2.24, 2.45) is 11.3 Å². The maximum atomic E-state index is 5.87. The van der Waals surface area contributed by atoms with E-state index in [0.717, 1.165) is 12.8 Å². The topological polar surface area (TPSA) is 54.7 Å². The third-order valence-corrected chi connectivity index (χ3v) is 2.30. The summed E-state index contributed by atoms with van der Waals surface area (Å²) in [5.41, 5.74) is 8.55. The second kappa shape index (κ2) is 4.25. The Morgan fingerprint density at radius 1 is 1.33 bits per heavy atom. The van der Waals surface area contributed by atoms with Crippen LogP contribution in [0.25, 0.3) is 0 Å². The zero-order chi connectivity index (χ0) is 11.6. The van der Waals surface area contributed by atoms with Gasteiger partial charge in [-0.15, -0.1) is 0 Å². The van der Waals surface area contributed by atoms with Crippen LogP contribution in [0.4, 0.5) is 5.82 Å². The van der Waals surface area contributed by atoms with Gasteiger partial charge in [0.1, 0.15) is 5.82 Å². The van der Waals surface area contributed by atoms with E-state index in [1.165, 1.54) is 11.3 Å². The van der Waals surface area contributed by atoms with Crippen molar-refractivity contribution in [3.8, 4) is 0 Å². The Hall–Kier alpha value is -0.990. The second-order valence-corrected chi connectivity index (χ2v) is 5.90. The number of nitrogens with two attached hydrogens (primary N) is 1. The first kappa shape index (κ1) is 12.1. The summed E-state index contributed by atoms with van der Waals surface area (Å²) in [6.45, 7) is 11.1. The summed E-state index contributed by atoms with van der Waals surface area (Å²) in [4.78, 5) is 0. The van der Waals surface area contributed by atoms with E-state index in [-0.39, 0.29) is 5.41 Å². The Morgan fingerprint density at radius 2 is 1.93 bits per heavy atom. The molecule has 1 aromatic rings. The molecule has 3 nitrogen and oxygen atoms in total. The highest BCUT2D eigenvalue weighted by molar-refractivity contribution is 5.42. The molecule has 0 aliphatic carbocycles. The minimum Gasteiger partial charge on any atom is -0.382 e. The molecule has 0 aliphatic heterocycles. The monoisotopic (exact) mass is 209 g/mol. The SMILES string of the molecule is CC(C)Cc1c(N)n[nH]c1CC(C)(C)C. The van der Waals surface area contributed by atoms with Crippen LogP contribution in [0.15, 0.2) is 0 Å². The molecule has 0 unspecified atom stereocenters. The van der Waals surface area contributed by atoms with E-state index in [9.17, 15) is 0 Å². The number of hydrogen-bond donors (Lipinski definition) is 2. The number of aromatic nitrogens is 2.